The van der Waals surface area contributed by atoms with E-state index in [0.717, 1.165) is 16.7 Å². The quantitative estimate of drug-likeness (QED) is 0.0707. The Kier molecular flexibility index (Phi) is 13.3. The van der Waals surface area contributed by atoms with E-state index in [9.17, 15) is 29.8 Å². The van der Waals surface area contributed by atoms with E-state index in [-0.39, 0.29) is 49.6 Å². The highest BCUT2D eigenvalue weighted by molar-refractivity contribution is 5.90. The zero-order valence-electron chi connectivity index (χ0n) is 33.1. The van der Waals surface area contributed by atoms with Crippen LogP contribution in [0.1, 0.15) is 22.4 Å². The highest BCUT2D eigenvalue weighted by Gasteiger charge is 2.19. The smallest absolute Gasteiger partial charge is 0.322 e. The third kappa shape index (κ3) is 11.8. The van der Waals surface area contributed by atoms with Crippen LogP contribution in [0.3, 0.4) is 0 Å². The van der Waals surface area contributed by atoms with Crippen molar-refractivity contribution in [3.05, 3.63) is 219 Å². The van der Waals surface area contributed by atoms with Crippen LogP contribution in [-0.2, 0) is 26.2 Å². The summed E-state index contributed by atoms with van der Waals surface area (Å²) in [4.78, 5) is 56.5. The first-order chi connectivity index (χ1) is 30.1. The van der Waals surface area contributed by atoms with Crippen LogP contribution >= 0.6 is 0 Å². The molecule has 310 valence electrons. The number of nitrogens with one attached hydrogen (secondary N) is 2. The zero-order chi connectivity index (χ0) is 43.3. The molecule has 0 aliphatic heterocycles. The molecule has 62 heavy (non-hydrogen) atoms. The van der Waals surface area contributed by atoms with Crippen LogP contribution in [0.2, 0.25) is 0 Å². The number of hydrogen-bond donors (Lipinski definition) is 2. The number of ether oxygens (including phenoxy) is 2. The van der Waals surface area contributed by atoms with Crippen molar-refractivity contribution in [1.29, 1.82) is 0 Å². The largest absolute Gasteiger partial charge is 0.457 e. The lowest BCUT2D eigenvalue weighted by molar-refractivity contribution is -0.385. The summed E-state index contributed by atoms with van der Waals surface area (Å²) in [6, 6.07) is 47.4. The van der Waals surface area contributed by atoms with Crippen LogP contribution in [0.4, 0.5) is 32.3 Å². The van der Waals surface area contributed by atoms with E-state index in [1.807, 2.05) is 72.8 Å². The van der Waals surface area contributed by atoms with Gasteiger partial charge >= 0.3 is 12.1 Å². The van der Waals surface area contributed by atoms with Crippen LogP contribution in [0.25, 0.3) is 0 Å². The predicted octanol–water partition coefficient (Wildman–Crippen LogP) is 11.0. The molecule has 0 atom stereocenters. The van der Waals surface area contributed by atoms with Crippen molar-refractivity contribution < 1.29 is 28.9 Å². The number of nitro groups is 2. The number of para-hydroxylation sites is 2. The highest BCUT2D eigenvalue weighted by Crippen LogP contribution is 2.27. The van der Waals surface area contributed by atoms with Gasteiger partial charge in [-0.05, 0) is 95.6 Å². The van der Waals surface area contributed by atoms with Gasteiger partial charge in [0.1, 0.15) is 23.0 Å². The average Bonchev–Trinajstić information content (AvgIpc) is 3.29. The van der Waals surface area contributed by atoms with Crippen LogP contribution < -0.4 is 20.1 Å². The molecule has 0 radical (unpaired) electrons. The number of amides is 4. The lowest BCUT2D eigenvalue weighted by atomic mass is 10.1. The second kappa shape index (κ2) is 19.9. The molecule has 0 bridgehead atoms. The summed E-state index contributed by atoms with van der Waals surface area (Å²) in [6.45, 7) is 0.889. The van der Waals surface area contributed by atoms with E-state index in [1.165, 1.54) is 48.5 Å². The van der Waals surface area contributed by atoms with E-state index in [2.05, 4.69) is 10.6 Å². The standard InChI is InChI=1S/C47H39N7O8/c55-46(49-37-7-3-1-4-8-37)51(30-34-12-21-42(22-13-34)61-44-25-17-40(18-26-44)53(57)58)32-36-11-16-39(48-29-36)33-52(47(56)50-38-9-5-2-6-10-38)31-35-14-23-43(24-15-35)62-45-27-19-41(20-28-45)54(59)60/h1-29H,30-33H2,(H,49,55)(H,50,56). The van der Waals surface area contributed by atoms with Crippen molar-refractivity contribution in [2.45, 2.75) is 26.2 Å². The van der Waals surface area contributed by atoms with Crippen LogP contribution in [-0.4, -0.2) is 36.7 Å². The first-order valence-electron chi connectivity index (χ1n) is 19.3. The van der Waals surface area contributed by atoms with E-state index in [1.54, 1.807) is 64.5 Å². The number of benzene rings is 6. The van der Waals surface area contributed by atoms with Gasteiger partial charge in [0, 0.05) is 61.5 Å². The topological polar surface area (TPSA) is 182 Å². The number of carbonyl (C=O) groups is 2. The number of aromatic nitrogens is 1. The van der Waals surface area contributed by atoms with E-state index in [0.29, 0.717) is 40.1 Å². The molecule has 1 heterocycles. The molecule has 0 aliphatic carbocycles. The van der Waals surface area contributed by atoms with Gasteiger partial charge in [-0.15, -0.1) is 0 Å². The Morgan fingerprint density at radius 3 is 1.19 bits per heavy atom. The number of nitro benzene ring substituents is 2. The Morgan fingerprint density at radius 1 is 0.468 bits per heavy atom. The zero-order valence-corrected chi connectivity index (χ0v) is 33.1. The SMILES string of the molecule is O=C(Nc1ccccc1)N(Cc1ccc(Oc2ccc([N+](=O)[O-])cc2)cc1)Cc1ccc(CN(Cc2ccc(Oc3ccc([N+](=O)[O-])cc3)cc2)C(=O)Nc2ccccc2)nc1. The molecule has 7 rings (SSSR count). The fraction of sp³-hybridized carbons (Fsp3) is 0.0851. The molecular formula is C47H39N7O8. The normalized spacial score (nSPS) is 10.6. The van der Waals surface area contributed by atoms with Crippen molar-refractivity contribution >= 4 is 34.8 Å². The third-order valence-corrected chi connectivity index (χ3v) is 9.40. The van der Waals surface area contributed by atoms with Crippen LogP contribution in [0.15, 0.2) is 176 Å². The molecule has 2 N–H and O–H groups in total. The van der Waals surface area contributed by atoms with Gasteiger partial charge in [0.2, 0.25) is 0 Å². The summed E-state index contributed by atoms with van der Waals surface area (Å²) in [7, 11) is 0. The number of anilines is 2. The second-order valence-electron chi connectivity index (χ2n) is 14.0. The number of pyridine rings is 1. The fourth-order valence-electron chi connectivity index (χ4n) is 6.22. The Hall–Kier alpha value is -8.59. The van der Waals surface area contributed by atoms with Gasteiger partial charge in [-0.2, -0.15) is 0 Å². The Labute approximate surface area is 356 Å². The maximum atomic E-state index is 13.7. The highest BCUT2D eigenvalue weighted by atomic mass is 16.6. The molecule has 0 saturated heterocycles. The maximum absolute atomic E-state index is 13.7. The molecule has 1 aromatic heterocycles. The Balaban J connectivity index is 1.04. The predicted molar refractivity (Wildman–Crippen MR) is 233 cm³/mol. The summed E-state index contributed by atoms with van der Waals surface area (Å²) < 4.78 is 11.7. The van der Waals surface area contributed by atoms with Gasteiger partial charge in [0.15, 0.2) is 0 Å². The summed E-state index contributed by atoms with van der Waals surface area (Å²) >= 11 is 0. The van der Waals surface area contributed by atoms with Crippen molar-refractivity contribution in [1.82, 2.24) is 14.8 Å². The minimum atomic E-state index is -0.473. The van der Waals surface area contributed by atoms with Crippen molar-refractivity contribution in [2.24, 2.45) is 0 Å². The van der Waals surface area contributed by atoms with Crippen molar-refractivity contribution in [3.63, 3.8) is 0 Å². The molecule has 15 heteroatoms. The lowest BCUT2D eigenvalue weighted by Crippen LogP contribution is -2.34. The van der Waals surface area contributed by atoms with Gasteiger partial charge in [-0.3, -0.25) is 25.2 Å². The molecule has 6 aromatic carbocycles. The average molecular weight is 830 g/mol. The Bertz CT molecular complexity index is 2410. The first-order valence-corrected chi connectivity index (χ1v) is 19.3. The molecule has 0 unspecified atom stereocenters. The van der Waals surface area contributed by atoms with Gasteiger partial charge in [-0.1, -0.05) is 66.7 Å². The number of hydrogen-bond acceptors (Lipinski definition) is 9. The number of non-ortho nitro benzene ring substituents is 2. The minimum Gasteiger partial charge on any atom is -0.457 e. The summed E-state index contributed by atoms with van der Waals surface area (Å²) in [6.07, 6.45) is 1.69. The molecule has 15 nitrogen and oxygen atoms in total. The first kappa shape index (κ1) is 41.6. The third-order valence-electron chi connectivity index (χ3n) is 9.40. The molecule has 0 fully saturated rings. The van der Waals surface area contributed by atoms with Crippen LogP contribution in [0, 0.1) is 20.2 Å². The van der Waals surface area contributed by atoms with Crippen LogP contribution in [0.5, 0.6) is 23.0 Å². The van der Waals surface area contributed by atoms with Gasteiger partial charge in [0.05, 0.1) is 22.1 Å². The molecule has 0 aliphatic rings. The Morgan fingerprint density at radius 2 is 0.823 bits per heavy atom. The van der Waals surface area contributed by atoms with Gasteiger partial charge < -0.3 is 29.9 Å². The minimum absolute atomic E-state index is 0.0327. The molecule has 7 aromatic rings. The number of urea groups is 2. The second-order valence-corrected chi connectivity index (χ2v) is 14.0. The lowest BCUT2D eigenvalue weighted by Gasteiger charge is -2.25. The molecule has 4 amide bonds. The number of nitrogens with zero attached hydrogens (tertiary/aromatic N) is 5. The number of carbonyl (C=O) groups excluding carboxylic acids is 2. The summed E-state index contributed by atoms with van der Waals surface area (Å²) in [5.41, 5.74) is 4.26. The summed E-state index contributed by atoms with van der Waals surface area (Å²) in [5, 5.41) is 27.9. The van der Waals surface area contributed by atoms with E-state index >= 15 is 0 Å². The van der Waals surface area contributed by atoms with Gasteiger partial charge in [0.25, 0.3) is 11.4 Å². The molecular weight excluding hydrogens is 791 g/mol. The molecule has 0 spiro atoms. The maximum Gasteiger partial charge on any atom is 0.322 e. The molecule has 0 saturated carbocycles. The van der Waals surface area contributed by atoms with Crippen molar-refractivity contribution in [2.75, 3.05) is 10.6 Å². The van der Waals surface area contributed by atoms with Gasteiger partial charge in [-0.25, -0.2) is 9.59 Å². The summed E-state index contributed by atoms with van der Waals surface area (Å²) in [5.74, 6) is 1.95. The van der Waals surface area contributed by atoms with E-state index in [4.69, 9.17) is 14.5 Å². The monoisotopic (exact) mass is 829 g/mol. The number of rotatable bonds is 16. The van der Waals surface area contributed by atoms with E-state index < -0.39 is 9.85 Å². The van der Waals surface area contributed by atoms with Crippen molar-refractivity contribution in [3.8, 4) is 23.0 Å². The fourth-order valence-corrected chi connectivity index (χ4v) is 6.22.